The highest BCUT2D eigenvalue weighted by Gasteiger charge is 2.21. The van der Waals surface area contributed by atoms with Crippen molar-refractivity contribution in [3.05, 3.63) is 11.9 Å². The summed E-state index contributed by atoms with van der Waals surface area (Å²) in [7, 11) is 0. The minimum Gasteiger partial charge on any atom is -0.381 e. The number of rotatable bonds is 9. The van der Waals surface area contributed by atoms with Crippen LogP contribution in [0.15, 0.2) is 6.20 Å². The molecule has 1 saturated heterocycles. The van der Waals surface area contributed by atoms with Crippen LogP contribution in [0, 0.1) is 0 Å². The number of hydrogen-bond donors (Lipinski definition) is 2. The molecule has 20 heavy (non-hydrogen) atoms. The van der Waals surface area contributed by atoms with Gasteiger partial charge in [-0.25, -0.2) is 4.68 Å². The molecule has 1 fully saturated rings. The molecule has 1 amide bonds. The Morgan fingerprint density at radius 3 is 3.00 bits per heavy atom. The second-order valence-corrected chi connectivity index (χ2v) is 4.97. The van der Waals surface area contributed by atoms with Crippen molar-refractivity contribution in [2.75, 3.05) is 32.8 Å². The first kappa shape index (κ1) is 14.9. The average Bonchev–Trinajstić information content (AvgIpc) is 2.85. The lowest BCUT2D eigenvalue weighted by atomic mass is 10.2. The molecular weight excluding hydrogens is 258 g/mol. The van der Waals surface area contributed by atoms with Crippen molar-refractivity contribution in [2.45, 2.75) is 32.2 Å². The molecule has 2 rings (SSSR count). The van der Waals surface area contributed by atoms with Crippen LogP contribution in [0.1, 0.15) is 42.7 Å². The van der Waals surface area contributed by atoms with Gasteiger partial charge in [-0.3, -0.25) is 4.79 Å². The minimum atomic E-state index is -0.169. The van der Waals surface area contributed by atoms with E-state index in [9.17, 15) is 4.79 Å². The zero-order valence-corrected chi connectivity index (χ0v) is 12.0. The Kier molecular flexibility index (Phi) is 5.94. The Labute approximate surface area is 119 Å². The summed E-state index contributed by atoms with van der Waals surface area (Å²) in [5.41, 5.74) is 0.379. The predicted molar refractivity (Wildman–Crippen MR) is 74.6 cm³/mol. The summed E-state index contributed by atoms with van der Waals surface area (Å²) in [4.78, 5) is 11.8. The van der Waals surface area contributed by atoms with Crippen molar-refractivity contribution in [1.29, 1.82) is 0 Å². The second kappa shape index (κ2) is 7.96. The molecule has 0 saturated carbocycles. The van der Waals surface area contributed by atoms with E-state index >= 15 is 0 Å². The van der Waals surface area contributed by atoms with Gasteiger partial charge in [-0.2, -0.15) is 0 Å². The van der Waals surface area contributed by atoms with Gasteiger partial charge < -0.3 is 15.4 Å². The largest absolute Gasteiger partial charge is 0.381 e. The molecule has 112 valence electrons. The summed E-state index contributed by atoms with van der Waals surface area (Å²) in [6.45, 7) is 5.99. The van der Waals surface area contributed by atoms with Crippen LogP contribution in [0.2, 0.25) is 0 Å². The molecule has 2 heterocycles. The molecule has 1 aliphatic heterocycles. The summed E-state index contributed by atoms with van der Waals surface area (Å²) in [6, 6.07) is 0.330. The lowest BCUT2D eigenvalue weighted by molar-refractivity contribution is 0.0935. The van der Waals surface area contributed by atoms with Crippen molar-refractivity contribution < 1.29 is 9.53 Å². The van der Waals surface area contributed by atoms with Gasteiger partial charge >= 0.3 is 0 Å². The number of ether oxygens (including phenoxy) is 1. The van der Waals surface area contributed by atoms with Crippen LogP contribution >= 0.6 is 0 Å². The number of hydrogen-bond acceptors (Lipinski definition) is 5. The van der Waals surface area contributed by atoms with Crippen LogP contribution in [0.25, 0.3) is 0 Å². The summed E-state index contributed by atoms with van der Waals surface area (Å²) in [5.74, 6) is -0.169. The van der Waals surface area contributed by atoms with Gasteiger partial charge in [0.2, 0.25) is 0 Å². The minimum absolute atomic E-state index is 0.169. The van der Waals surface area contributed by atoms with Crippen molar-refractivity contribution in [2.24, 2.45) is 0 Å². The van der Waals surface area contributed by atoms with E-state index < -0.39 is 0 Å². The Balaban J connectivity index is 1.60. The van der Waals surface area contributed by atoms with E-state index in [-0.39, 0.29) is 5.91 Å². The number of carbonyl (C=O) groups is 1. The SMILES string of the molecule is CCCCOCCCNC(=O)c1cn(C2CNC2)nn1. The second-order valence-electron chi connectivity index (χ2n) is 4.97. The molecule has 0 spiro atoms. The van der Waals surface area contributed by atoms with Gasteiger partial charge in [-0.15, -0.1) is 5.10 Å². The van der Waals surface area contributed by atoms with E-state index in [1.165, 1.54) is 0 Å². The third-order valence-corrected chi connectivity index (χ3v) is 3.27. The molecule has 1 aromatic rings. The number of nitrogens with one attached hydrogen (secondary N) is 2. The van der Waals surface area contributed by atoms with Gasteiger partial charge in [-0.1, -0.05) is 18.6 Å². The average molecular weight is 281 g/mol. The van der Waals surface area contributed by atoms with Crippen molar-refractivity contribution in [3.8, 4) is 0 Å². The van der Waals surface area contributed by atoms with Crippen LogP contribution in [0.3, 0.4) is 0 Å². The maximum atomic E-state index is 11.8. The molecule has 0 atom stereocenters. The molecule has 0 radical (unpaired) electrons. The molecule has 7 nitrogen and oxygen atoms in total. The third-order valence-electron chi connectivity index (χ3n) is 3.27. The maximum Gasteiger partial charge on any atom is 0.273 e. The highest BCUT2D eigenvalue weighted by molar-refractivity contribution is 5.91. The van der Waals surface area contributed by atoms with Gasteiger partial charge in [0.1, 0.15) is 0 Å². The van der Waals surface area contributed by atoms with E-state index in [0.29, 0.717) is 24.9 Å². The van der Waals surface area contributed by atoms with Crippen LogP contribution in [-0.4, -0.2) is 53.7 Å². The summed E-state index contributed by atoms with van der Waals surface area (Å²) in [5, 5.41) is 13.9. The fraction of sp³-hybridized carbons (Fsp3) is 0.769. The number of nitrogens with zero attached hydrogens (tertiary/aromatic N) is 3. The zero-order chi connectivity index (χ0) is 14.2. The van der Waals surface area contributed by atoms with Gasteiger partial charge in [0.05, 0.1) is 12.2 Å². The van der Waals surface area contributed by atoms with Crippen LogP contribution < -0.4 is 10.6 Å². The van der Waals surface area contributed by atoms with Crippen molar-refractivity contribution in [3.63, 3.8) is 0 Å². The zero-order valence-electron chi connectivity index (χ0n) is 12.0. The Morgan fingerprint density at radius 1 is 1.50 bits per heavy atom. The van der Waals surface area contributed by atoms with Gasteiger partial charge in [0, 0.05) is 32.8 Å². The molecule has 1 aliphatic rings. The first-order chi connectivity index (χ1) is 9.81. The number of unbranched alkanes of at least 4 members (excludes halogenated alkanes) is 1. The Morgan fingerprint density at radius 2 is 2.30 bits per heavy atom. The number of aromatic nitrogens is 3. The monoisotopic (exact) mass is 281 g/mol. The highest BCUT2D eigenvalue weighted by atomic mass is 16.5. The molecule has 2 N–H and O–H groups in total. The van der Waals surface area contributed by atoms with Gasteiger partial charge in [0.25, 0.3) is 5.91 Å². The molecule has 1 aromatic heterocycles. The first-order valence-electron chi connectivity index (χ1n) is 7.29. The van der Waals surface area contributed by atoms with Crippen LogP contribution in [0.4, 0.5) is 0 Å². The topological polar surface area (TPSA) is 81.1 Å². The molecule has 0 aliphatic carbocycles. The van der Waals surface area contributed by atoms with E-state index in [4.69, 9.17) is 4.74 Å². The Bertz CT molecular complexity index is 417. The summed E-state index contributed by atoms with van der Waals surface area (Å²) >= 11 is 0. The normalized spacial score (nSPS) is 15.1. The smallest absolute Gasteiger partial charge is 0.273 e. The molecule has 0 unspecified atom stereocenters. The predicted octanol–water partition coefficient (Wildman–Crippen LogP) is 0.359. The molecule has 0 bridgehead atoms. The summed E-state index contributed by atoms with van der Waals surface area (Å²) in [6.07, 6.45) is 4.75. The van der Waals surface area contributed by atoms with E-state index in [1.807, 2.05) is 0 Å². The quantitative estimate of drug-likeness (QED) is 0.639. The first-order valence-corrected chi connectivity index (χ1v) is 7.29. The molecule has 7 heteroatoms. The molecule has 0 aromatic carbocycles. The molecular formula is C13H23N5O2. The number of amides is 1. The van der Waals surface area contributed by atoms with E-state index in [0.717, 1.165) is 39.0 Å². The highest BCUT2D eigenvalue weighted by Crippen LogP contribution is 2.09. The lowest BCUT2D eigenvalue weighted by Crippen LogP contribution is -2.43. The fourth-order valence-electron chi connectivity index (χ4n) is 1.83. The van der Waals surface area contributed by atoms with Crippen LogP contribution in [0.5, 0.6) is 0 Å². The van der Waals surface area contributed by atoms with Crippen LogP contribution in [-0.2, 0) is 4.74 Å². The Hall–Kier alpha value is -1.47. The van der Waals surface area contributed by atoms with Gasteiger partial charge in [0.15, 0.2) is 5.69 Å². The van der Waals surface area contributed by atoms with Crippen molar-refractivity contribution in [1.82, 2.24) is 25.6 Å². The third kappa shape index (κ3) is 4.28. The standard InChI is InChI=1S/C13H23N5O2/c1-2-3-6-20-7-4-5-15-13(19)12-10-18(17-16-12)11-8-14-9-11/h10-11,14H,2-9H2,1H3,(H,15,19). The summed E-state index contributed by atoms with van der Waals surface area (Å²) < 4.78 is 7.18. The number of carbonyl (C=O) groups excluding carboxylic acids is 1. The van der Waals surface area contributed by atoms with Gasteiger partial charge in [-0.05, 0) is 12.8 Å². The van der Waals surface area contributed by atoms with Crippen molar-refractivity contribution >= 4 is 5.91 Å². The maximum absolute atomic E-state index is 11.8. The fourth-order valence-corrected chi connectivity index (χ4v) is 1.83. The van der Waals surface area contributed by atoms with E-state index in [2.05, 4.69) is 27.9 Å². The lowest BCUT2D eigenvalue weighted by Gasteiger charge is -2.26. The van der Waals surface area contributed by atoms with E-state index in [1.54, 1.807) is 10.9 Å².